The highest BCUT2D eigenvalue weighted by molar-refractivity contribution is 7.89. The van der Waals surface area contributed by atoms with E-state index in [2.05, 4.69) is 4.72 Å². The van der Waals surface area contributed by atoms with E-state index in [9.17, 15) is 13.2 Å². The number of benzene rings is 1. The van der Waals surface area contributed by atoms with Crippen LogP contribution in [0.1, 0.15) is 18.4 Å². The minimum absolute atomic E-state index is 0.115. The van der Waals surface area contributed by atoms with Crippen molar-refractivity contribution in [3.05, 3.63) is 29.8 Å². The van der Waals surface area contributed by atoms with Gasteiger partial charge in [0.25, 0.3) is 0 Å². The number of ether oxygens (including phenoxy) is 1. The lowest BCUT2D eigenvalue weighted by Gasteiger charge is -2.22. The number of carboxylic acid groups (broad SMARTS) is 1. The highest BCUT2D eigenvalue weighted by Crippen LogP contribution is 2.16. The topological polar surface area (TPSA) is 92.7 Å². The highest BCUT2D eigenvalue weighted by atomic mass is 32.2. The number of carboxylic acids is 1. The van der Waals surface area contributed by atoms with Gasteiger partial charge in [0.1, 0.15) is 0 Å². The molecule has 1 fully saturated rings. The van der Waals surface area contributed by atoms with Crippen molar-refractivity contribution < 1.29 is 23.1 Å². The Kier molecular flexibility index (Phi) is 5.33. The summed E-state index contributed by atoms with van der Waals surface area (Å²) >= 11 is 0. The molecule has 0 amide bonds. The first-order valence-electron chi connectivity index (χ1n) is 6.85. The molecule has 1 aliphatic rings. The number of sulfonamides is 1. The molecule has 1 heterocycles. The Hall–Kier alpha value is -1.44. The summed E-state index contributed by atoms with van der Waals surface area (Å²) in [6.07, 6.45) is 1.61. The fourth-order valence-electron chi connectivity index (χ4n) is 2.22. The van der Waals surface area contributed by atoms with E-state index in [0.29, 0.717) is 31.2 Å². The summed E-state index contributed by atoms with van der Waals surface area (Å²) in [5.74, 6) is -0.636. The molecule has 1 saturated heterocycles. The molecule has 116 valence electrons. The molecule has 0 radical (unpaired) electrons. The van der Waals surface area contributed by atoms with Crippen molar-refractivity contribution in [2.45, 2.75) is 24.2 Å². The molecule has 0 aromatic heterocycles. The second-order valence-electron chi connectivity index (χ2n) is 5.12. The molecule has 0 unspecified atom stereocenters. The van der Waals surface area contributed by atoms with Crippen molar-refractivity contribution in [1.82, 2.24) is 4.72 Å². The zero-order chi connectivity index (χ0) is 15.3. The van der Waals surface area contributed by atoms with E-state index in [4.69, 9.17) is 9.84 Å². The lowest BCUT2D eigenvalue weighted by Crippen LogP contribution is -2.32. The molecular formula is C14H19NO5S. The van der Waals surface area contributed by atoms with Crippen molar-refractivity contribution >= 4 is 16.0 Å². The Balaban J connectivity index is 1.96. The van der Waals surface area contributed by atoms with Crippen LogP contribution in [-0.4, -0.2) is 39.3 Å². The summed E-state index contributed by atoms with van der Waals surface area (Å²) in [6, 6.07) is 5.92. The van der Waals surface area contributed by atoms with Crippen LogP contribution < -0.4 is 4.72 Å². The third-order valence-electron chi connectivity index (χ3n) is 3.49. The SMILES string of the molecule is O=C(O)Cc1ccc(S(=O)(=O)NCC2CCOCC2)cc1. The van der Waals surface area contributed by atoms with Crippen molar-refractivity contribution in [1.29, 1.82) is 0 Å². The summed E-state index contributed by atoms with van der Waals surface area (Å²) in [7, 11) is -3.54. The smallest absolute Gasteiger partial charge is 0.307 e. The van der Waals surface area contributed by atoms with E-state index in [1.165, 1.54) is 24.3 Å². The van der Waals surface area contributed by atoms with Gasteiger partial charge in [0.2, 0.25) is 10.0 Å². The van der Waals surface area contributed by atoms with Crippen LogP contribution in [0.25, 0.3) is 0 Å². The average Bonchev–Trinajstić information content (AvgIpc) is 2.46. The van der Waals surface area contributed by atoms with Crippen LogP contribution in [0.5, 0.6) is 0 Å². The molecule has 6 nitrogen and oxygen atoms in total. The van der Waals surface area contributed by atoms with Gasteiger partial charge >= 0.3 is 5.97 Å². The van der Waals surface area contributed by atoms with Crippen LogP contribution in [-0.2, 0) is 26.0 Å². The molecule has 0 aliphatic carbocycles. The molecule has 1 aromatic carbocycles. The van der Waals surface area contributed by atoms with Gasteiger partial charge in [-0.1, -0.05) is 12.1 Å². The van der Waals surface area contributed by atoms with E-state index in [1.807, 2.05) is 0 Å². The summed E-state index contributed by atoms with van der Waals surface area (Å²) in [5.41, 5.74) is 0.575. The number of hydrogen-bond acceptors (Lipinski definition) is 4. The Labute approximate surface area is 124 Å². The van der Waals surface area contributed by atoms with E-state index >= 15 is 0 Å². The van der Waals surface area contributed by atoms with Crippen molar-refractivity contribution in [3.63, 3.8) is 0 Å². The van der Waals surface area contributed by atoms with E-state index in [-0.39, 0.29) is 11.3 Å². The van der Waals surface area contributed by atoms with Gasteiger partial charge in [-0.25, -0.2) is 13.1 Å². The molecule has 0 spiro atoms. The van der Waals surface area contributed by atoms with Crippen molar-refractivity contribution in [3.8, 4) is 0 Å². The molecule has 21 heavy (non-hydrogen) atoms. The predicted molar refractivity (Wildman–Crippen MR) is 76.5 cm³/mol. The summed E-state index contributed by atoms with van der Waals surface area (Å²) < 4.78 is 32.1. The number of carbonyl (C=O) groups is 1. The van der Waals surface area contributed by atoms with E-state index in [1.54, 1.807) is 0 Å². The van der Waals surface area contributed by atoms with Gasteiger partial charge in [0, 0.05) is 19.8 Å². The van der Waals surface area contributed by atoms with Gasteiger partial charge in [-0.05, 0) is 36.5 Å². The highest BCUT2D eigenvalue weighted by Gasteiger charge is 2.19. The Morgan fingerprint density at radius 2 is 1.86 bits per heavy atom. The predicted octanol–water partition coefficient (Wildman–Crippen LogP) is 1.02. The molecular weight excluding hydrogens is 294 g/mol. The Morgan fingerprint density at radius 3 is 2.43 bits per heavy atom. The summed E-state index contributed by atoms with van der Waals surface area (Å²) in [5, 5.41) is 8.68. The molecule has 0 atom stereocenters. The first-order valence-corrected chi connectivity index (χ1v) is 8.34. The minimum Gasteiger partial charge on any atom is -0.481 e. The maximum atomic E-state index is 12.1. The molecule has 1 aromatic rings. The van der Waals surface area contributed by atoms with Gasteiger partial charge in [0.15, 0.2) is 0 Å². The van der Waals surface area contributed by atoms with Gasteiger partial charge < -0.3 is 9.84 Å². The molecule has 1 aliphatic heterocycles. The number of nitrogens with one attached hydrogen (secondary N) is 1. The number of aliphatic carboxylic acids is 1. The standard InChI is InChI=1S/C14H19NO5S/c16-14(17)9-11-1-3-13(4-2-11)21(18,19)15-10-12-5-7-20-8-6-12/h1-4,12,15H,5-10H2,(H,16,17). The molecule has 0 bridgehead atoms. The van der Waals surface area contributed by atoms with E-state index in [0.717, 1.165) is 12.8 Å². The van der Waals surface area contributed by atoms with Crippen LogP contribution in [0.4, 0.5) is 0 Å². The molecule has 2 N–H and O–H groups in total. The second-order valence-corrected chi connectivity index (χ2v) is 6.89. The fraction of sp³-hybridized carbons (Fsp3) is 0.500. The maximum Gasteiger partial charge on any atom is 0.307 e. The quantitative estimate of drug-likeness (QED) is 0.818. The van der Waals surface area contributed by atoms with Crippen molar-refractivity contribution in [2.75, 3.05) is 19.8 Å². The van der Waals surface area contributed by atoms with Crippen LogP contribution in [0.15, 0.2) is 29.2 Å². The largest absolute Gasteiger partial charge is 0.481 e. The van der Waals surface area contributed by atoms with Gasteiger partial charge in [-0.3, -0.25) is 4.79 Å². The Morgan fingerprint density at radius 1 is 1.24 bits per heavy atom. The third kappa shape index (κ3) is 4.80. The summed E-state index contributed by atoms with van der Waals surface area (Å²) in [4.78, 5) is 10.7. The first kappa shape index (κ1) is 15.9. The average molecular weight is 313 g/mol. The molecule has 0 saturated carbocycles. The van der Waals surface area contributed by atoms with Crippen LogP contribution in [0.2, 0.25) is 0 Å². The maximum absolute atomic E-state index is 12.1. The third-order valence-corrected chi connectivity index (χ3v) is 4.93. The van der Waals surface area contributed by atoms with Crippen LogP contribution in [0, 0.1) is 5.92 Å². The van der Waals surface area contributed by atoms with Gasteiger partial charge in [-0.15, -0.1) is 0 Å². The summed E-state index contributed by atoms with van der Waals surface area (Å²) in [6.45, 7) is 1.76. The number of hydrogen-bond donors (Lipinski definition) is 2. The van der Waals surface area contributed by atoms with E-state index < -0.39 is 16.0 Å². The normalized spacial score (nSPS) is 16.8. The fourth-order valence-corrected chi connectivity index (χ4v) is 3.34. The molecule has 7 heteroatoms. The second kappa shape index (κ2) is 7.02. The number of rotatable bonds is 6. The lowest BCUT2D eigenvalue weighted by molar-refractivity contribution is -0.136. The Bertz CT molecular complexity index is 576. The monoisotopic (exact) mass is 313 g/mol. The van der Waals surface area contributed by atoms with Crippen LogP contribution >= 0.6 is 0 Å². The van der Waals surface area contributed by atoms with Crippen molar-refractivity contribution in [2.24, 2.45) is 5.92 Å². The molecule has 2 rings (SSSR count). The van der Waals surface area contributed by atoms with Gasteiger partial charge in [0.05, 0.1) is 11.3 Å². The first-order chi connectivity index (χ1) is 9.97. The zero-order valence-corrected chi connectivity index (χ0v) is 12.4. The van der Waals surface area contributed by atoms with Crippen LogP contribution in [0.3, 0.4) is 0 Å². The van der Waals surface area contributed by atoms with Gasteiger partial charge in [-0.2, -0.15) is 0 Å². The minimum atomic E-state index is -3.54. The zero-order valence-electron chi connectivity index (χ0n) is 11.6. The lowest BCUT2D eigenvalue weighted by atomic mass is 10.0.